The molecule has 0 aliphatic rings. The van der Waals surface area contributed by atoms with E-state index in [1.165, 1.54) is 0 Å². The van der Waals surface area contributed by atoms with Gasteiger partial charge in [-0.05, 0) is 24.1 Å². The maximum absolute atomic E-state index is 5.72. The highest BCUT2D eigenvalue weighted by atomic mass is 35.5. The predicted octanol–water partition coefficient (Wildman–Crippen LogP) is 2.26. The molecular weight excluding hydrogens is 290 g/mol. The summed E-state index contributed by atoms with van der Waals surface area (Å²) in [5.41, 5.74) is 8.79. The second-order valence-corrected chi connectivity index (χ2v) is 4.60. The van der Waals surface area contributed by atoms with Crippen LogP contribution in [0.25, 0.3) is 11.1 Å². The molecule has 2 rings (SSSR count). The standard InChI is InChI=1S/C15H21N3O2.ClH/c1-12-3-4-13(9-15(12)20-8-7-19-2)14-10-17-18(11-14)6-5-16;/h3-4,9-11H,5-8,16H2,1-2H3;1H. The highest BCUT2D eigenvalue weighted by Crippen LogP contribution is 2.26. The van der Waals surface area contributed by atoms with Crippen LogP contribution in [0.5, 0.6) is 5.75 Å². The molecule has 2 aromatic rings. The number of rotatable bonds is 7. The fraction of sp³-hybridized carbons (Fsp3) is 0.400. The maximum atomic E-state index is 5.72. The summed E-state index contributed by atoms with van der Waals surface area (Å²) < 4.78 is 12.6. The average molecular weight is 312 g/mol. The van der Waals surface area contributed by atoms with Gasteiger partial charge < -0.3 is 15.2 Å². The summed E-state index contributed by atoms with van der Waals surface area (Å²) in [6, 6.07) is 6.16. The number of methoxy groups -OCH3 is 1. The summed E-state index contributed by atoms with van der Waals surface area (Å²) in [5.74, 6) is 0.881. The normalized spacial score (nSPS) is 10.2. The Morgan fingerprint density at radius 2 is 2.05 bits per heavy atom. The van der Waals surface area contributed by atoms with Gasteiger partial charge in [0.15, 0.2) is 0 Å². The third-order valence-electron chi connectivity index (χ3n) is 3.06. The fourth-order valence-electron chi connectivity index (χ4n) is 1.94. The van der Waals surface area contributed by atoms with Crippen molar-refractivity contribution < 1.29 is 9.47 Å². The molecular formula is C15H22ClN3O2. The fourth-order valence-corrected chi connectivity index (χ4v) is 1.94. The number of hydrogen-bond donors (Lipinski definition) is 1. The second kappa shape index (κ2) is 8.67. The van der Waals surface area contributed by atoms with Gasteiger partial charge in [-0.1, -0.05) is 12.1 Å². The van der Waals surface area contributed by atoms with E-state index >= 15 is 0 Å². The van der Waals surface area contributed by atoms with Crippen molar-refractivity contribution >= 4 is 12.4 Å². The number of hydrogen-bond acceptors (Lipinski definition) is 4. The van der Waals surface area contributed by atoms with E-state index in [1.54, 1.807) is 7.11 Å². The third kappa shape index (κ3) is 4.74. The van der Waals surface area contributed by atoms with Crippen molar-refractivity contribution in [2.75, 3.05) is 26.9 Å². The summed E-state index contributed by atoms with van der Waals surface area (Å²) in [6.07, 6.45) is 3.84. The molecule has 6 heteroatoms. The second-order valence-electron chi connectivity index (χ2n) is 4.60. The van der Waals surface area contributed by atoms with E-state index in [-0.39, 0.29) is 12.4 Å². The molecule has 0 aliphatic heterocycles. The molecule has 2 N–H and O–H groups in total. The van der Waals surface area contributed by atoms with E-state index in [4.69, 9.17) is 15.2 Å². The Labute approximate surface area is 131 Å². The van der Waals surface area contributed by atoms with Gasteiger partial charge in [0.25, 0.3) is 0 Å². The Morgan fingerprint density at radius 1 is 1.24 bits per heavy atom. The van der Waals surface area contributed by atoms with Gasteiger partial charge in [0.2, 0.25) is 0 Å². The quantitative estimate of drug-likeness (QED) is 0.797. The number of nitrogens with two attached hydrogens (primary N) is 1. The molecule has 0 atom stereocenters. The van der Waals surface area contributed by atoms with Gasteiger partial charge in [-0.15, -0.1) is 12.4 Å². The van der Waals surface area contributed by atoms with Crippen LogP contribution in [0.2, 0.25) is 0 Å². The summed E-state index contributed by atoms with van der Waals surface area (Å²) >= 11 is 0. The minimum Gasteiger partial charge on any atom is -0.491 e. The zero-order valence-electron chi connectivity index (χ0n) is 12.4. The van der Waals surface area contributed by atoms with E-state index in [9.17, 15) is 0 Å². The van der Waals surface area contributed by atoms with Crippen molar-refractivity contribution in [2.45, 2.75) is 13.5 Å². The van der Waals surface area contributed by atoms with Gasteiger partial charge in [0, 0.05) is 25.4 Å². The van der Waals surface area contributed by atoms with Crippen molar-refractivity contribution in [1.82, 2.24) is 9.78 Å². The van der Waals surface area contributed by atoms with Gasteiger partial charge in [0.05, 0.1) is 19.3 Å². The van der Waals surface area contributed by atoms with Gasteiger partial charge in [-0.25, -0.2) is 0 Å². The van der Waals surface area contributed by atoms with Crippen molar-refractivity contribution in [1.29, 1.82) is 0 Å². The largest absolute Gasteiger partial charge is 0.491 e. The first-order valence-electron chi connectivity index (χ1n) is 6.70. The summed E-state index contributed by atoms with van der Waals surface area (Å²) in [6.45, 7) is 4.47. The van der Waals surface area contributed by atoms with E-state index in [2.05, 4.69) is 17.2 Å². The van der Waals surface area contributed by atoms with E-state index in [0.717, 1.165) is 29.0 Å². The molecule has 0 aliphatic carbocycles. The molecule has 21 heavy (non-hydrogen) atoms. The van der Waals surface area contributed by atoms with Gasteiger partial charge in [-0.2, -0.15) is 5.10 Å². The van der Waals surface area contributed by atoms with Crippen LogP contribution in [0.4, 0.5) is 0 Å². The molecule has 0 fully saturated rings. The molecule has 5 nitrogen and oxygen atoms in total. The predicted molar refractivity (Wildman–Crippen MR) is 86.1 cm³/mol. The van der Waals surface area contributed by atoms with Crippen molar-refractivity contribution in [3.05, 3.63) is 36.2 Å². The Hall–Kier alpha value is -1.56. The van der Waals surface area contributed by atoms with Gasteiger partial charge in [0.1, 0.15) is 12.4 Å². The van der Waals surface area contributed by atoms with Gasteiger partial charge >= 0.3 is 0 Å². The Balaban J connectivity index is 0.00000220. The first-order chi connectivity index (χ1) is 9.74. The summed E-state index contributed by atoms with van der Waals surface area (Å²) in [7, 11) is 1.67. The van der Waals surface area contributed by atoms with Crippen LogP contribution in [-0.2, 0) is 11.3 Å². The van der Waals surface area contributed by atoms with Crippen molar-refractivity contribution in [3.8, 4) is 16.9 Å². The topological polar surface area (TPSA) is 62.3 Å². The Morgan fingerprint density at radius 3 is 2.76 bits per heavy atom. The lowest BCUT2D eigenvalue weighted by atomic mass is 10.1. The molecule has 0 spiro atoms. The van der Waals surface area contributed by atoms with Crippen LogP contribution in [0.1, 0.15) is 5.56 Å². The number of ether oxygens (including phenoxy) is 2. The molecule has 0 saturated heterocycles. The first kappa shape index (κ1) is 17.5. The van der Waals surface area contributed by atoms with Crippen molar-refractivity contribution in [2.24, 2.45) is 5.73 Å². The minimum atomic E-state index is 0. The molecule has 116 valence electrons. The lowest BCUT2D eigenvalue weighted by Gasteiger charge is -2.10. The first-order valence-corrected chi connectivity index (χ1v) is 6.70. The number of aromatic nitrogens is 2. The number of benzene rings is 1. The summed E-state index contributed by atoms with van der Waals surface area (Å²) in [5, 5.41) is 4.29. The minimum absolute atomic E-state index is 0. The van der Waals surface area contributed by atoms with Crippen LogP contribution in [-0.4, -0.2) is 36.6 Å². The molecule has 0 saturated carbocycles. The van der Waals surface area contributed by atoms with E-state index < -0.39 is 0 Å². The Bertz CT molecular complexity index is 558. The lowest BCUT2D eigenvalue weighted by Crippen LogP contribution is -2.09. The van der Waals surface area contributed by atoms with E-state index in [0.29, 0.717) is 19.8 Å². The van der Waals surface area contributed by atoms with E-state index in [1.807, 2.05) is 30.1 Å². The Kier molecular flexibility index (Phi) is 7.22. The van der Waals surface area contributed by atoms with Gasteiger partial charge in [-0.3, -0.25) is 4.68 Å². The zero-order valence-corrected chi connectivity index (χ0v) is 13.2. The lowest BCUT2D eigenvalue weighted by molar-refractivity contribution is 0.146. The molecule has 1 aromatic heterocycles. The smallest absolute Gasteiger partial charge is 0.122 e. The van der Waals surface area contributed by atoms with Crippen LogP contribution in [0, 0.1) is 6.92 Å². The average Bonchev–Trinajstić information content (AvgIpc) is 2.90. The molecule has 0 bridgehead atoms. The SMILES string of the molecule is COCCOc1cc(-c2cnn(CCN)c2)ccc1C.Cl. The van der Waals surface area contributed by atoms with Crippen LogP contribution in [0.3, 0.4) is 0 Å². The van der Waals surface area contributed by atoms with Crippen LogP contribution >= 0.6 is 12.4 Å². The third-order valence-corrected chi connectivity index (χ3v) is 3.06. The number of aryl methyl sites for hydroxylation is 1. The molecule has 0 radical (unpaired) electrons. The highest BCUT2D eigenvalue weighted by Gasteiger charge is 2.06. The summed E-state index contributed by atoms with van der Waals surface area (Å²) in [4.78, 5) is 0. The maximum Gasteiger partial charge on any atom is 0.122 e. The molecule has 0 amide bonds. The molecule has 0 unspecified atom stereocenters. The molecule has 1 heterocycles. The monoisotopic (exact) mass is 311 g/mol. The molecule has 1 aromatic carbocycles. The zero-order chi connectivity index (χ0) is 14.4. The van der Waals surface area contributed by atoms with Crippen LogP contribution in [0.15, 0.2) is 30.6 Å². The highest BCUT2D eigenvalue weighted by molar-refractivity contribution is 5.85. The number of nitrogens with zero attached hydrogens (tertiary/aromatic N) is 2. The van der Waals surface area contributed by atoms with Crippen molar-refractivity contribution in [3.63, 3.8) is 0 Å². The van der Waals surface area contributed by atoms with Crippen LogP contribution < -0.4 is 10.5 Å². The number of halogens is 1.